The van der Waals surface area contributed by atoms with E-state index in [4.69, 9.17) is 4.74 Å². The lowest BCUT2D eigenvalue weighted by atomic mass is 10.1. The molecule has 0 saturated carbocycles. The number of ether oxygens (including phenoxy) is 1. The van der Waals surface area contributed by atoms with Gasteiger partial charge in [0.2, 0.25) is 5.43 Å². The Bertz CT molecular complexity index is 1030. The van der Waals surface area contributed by atoms with Crippen LogP contribution in [0.1, 0.15) is 17.3 Å². The molecule has 0 amide bonds. The van der Waals surface area contributed by atoms with Crippen molar-refractivity contribution in [3.8, 4) is 11.4 Å². The molecule has 1 N–H and O–H groups in total. The largest absolute Gasteiger partial charge is 0.491 e. The molecule has 3 rings (SSSR count). The van der Waals surface area contributed by atoms with Crippen LogP contribution >= 0.6 is 0 Å². The van der Waals surface area contributed by atoms with Crippen LogP contribution in [-0.2, 0) is 0 Å². The summed E-state index contributed by atoms with van der Waals surface area (Å²) in [6.07, 6.45) is 1.13. The number of hydrogen-bond acceptors (Lipinski definition) is 3. The van der Waals surface area contributed by atoms with Crippen molar-refractivity contribution in [3.05, 3.63) is 70.0 Å². The zero-order valence-corrected chi connectivity index (χ0v) is 13.1. The Kier molecular flexibility index (Phi) is 4.22. The summed E-state index contributed by atoms with van der Waals surface area (Å²) in [6.45, 7) is 1.90. The Balaban J connectivity index is 2.41. The minimum absolute atomic E-state index is 0.0617. The van der Waals surface area contributed by atoms with Crippen LogP contribution in [0.5, 0.6) is 5.75 Å². The molecule has 3 aromatic rings. The molecule has 0 atom stereocenters. The number of nitrogens with zero attached hydrogens (tertiary/aromatic N) is 1. The van der Waals surface area contributed by atoms with Crippen LogP contribution in [0.2, 0.25) is 0 Å². The molecular weight excluding hydrogens is 332 g/mol. The first-order valence-electron chi connectivity index (χ1n) is 7.43. The van der Waals surface area contributed by atoms with Gasteiger partial charge in [-0.05, 0) is 37.3 Å². The first kappa shape index (κ1) is 16.6. The maximum absolute atomic E-state index is 14.1. The van der Waals surface area contributed by atoms with E-state index in [9.17, 15) is 23.5 Å². The van der Waals surface area contributed by atoms with Gasteiger partial charge >= 0.3 is 5.97 Å². The van der Waals surface area contributed by atoms with E-state index in [0.29, 0.717) is 5.69 Å². The summed E-state index contributed by atoms with van der Waals surface area (Å²) in [5, 5.41) is 9.15. The van der Waals surface area contributed by atoms with E-state index in [1.54, 1.807) is 6.92 Å². The molecule has 0 saturated heterocycles. The molecule has 7 heteroatoms. The number of rotatable bonds is 4. The molecule has 0 radical (unpaired) electrons. The maximum Gasteiger partial charge on any atom is 0.341 e. The Morgan fingerprint density at radius 1 is 1.20 bits per heavy atom. The van der Waals surface area contributed by atoms with Crippen molar-refractivity contribution in [2.75, 3.05) is 6.61 Å². The first-order chi connectivity index (χ1) is 11.9. The summed E-state index contributed by atoms with van der Waals surface area (Å²) >= 11 is 0. The number of halogens is 2. The topological polar surface area (TPSA) is 68.5 Å². The van der Waals surface area contributed by atoms with Crippen molar-refractivity contribution in [2.45, 2.75) is 6.92 Å². The fraction of sp³-hybridized carbons (Fsp3) is 0.111. The molecule has 1 heterocycles. The second-order valence-corrected chi connectivity index (χ2v) is 5.26. The van der Waals surface area contributed by atoms with Crippen molar-refractivity contribution in [3.63, 3.8) is 0 Å². The van der Waals surface area contributed by atoms with Gasteiger partial charge in [-0.3, -0.25) is 4.79 Å². The van der Waals surface area contributed by atoms with Crippen molar-refractivity contribution in [2.24, 2.45) is 0 Å². The number of benzene rings is 2. The van der Waals surface area contributed by atoms with Gasteiger partial charge in [0.15, 0.2) is 11.6 Å². The van der Waals surface area contributed by atoms with Gasteiger partial charge in [-0.15, -0.1) is 0 Å². The minimum Gasteiger partial charge on any atom is -0.491 e. The van der Waals surface area contributed by atoms with Crippen molar-refractivity contribution >= 4 is 16.9 Å². The van der Waals surface area contributed by atoms with Crippen molar-refractivity contribution < 1.29 is 23.4 Å². The summed E-state index contributed by atoms with van der Waals surface area (Å²) < 4.78 is 33.9. The van der Waals surface area contributed by atoms with Gasteiger partial charge in [0, 0.05) is 18.0 Å². The monoisotopic (exact) mass is 345 g/mol. The Morgan fingerprint density at radius 2 is 1.88 bits per heavy atom. The lowest BCUT2D eigenvalue weighted by Crippen LogP contribution is -2.18. The lowest BCUT2D eigenvalue weighted by molar-refractivity contribution is 0.0695. The van der Waals surface area contributed by atoms with E-state index in [1.807, 2.05) is 0 Å². The third kappa shape index (κ3) is 2.96. The zero-order chi connectivity index (χ0) is 18.1. The molecule has 0 aliphatic rings. The number of carboxylic acid groups (broad SMARTS) is 1. The average Bonchev–Trinajstić information content (AvgIpc) is 2.57. The van der Waals surface area contributed by atoms with E-state index in [-0.39, 0.29) is 23.3 Å². The zero-order valence-electron chi connectivity index (χ0n) is 13.1. The van der Waals surface area contributed by atoms with Crippen LogP contribution in [0, 0.1) is 11.6 Å². The molecule has 0 aliphatic heterocycles. The third-order valence-electron chi connectivity index (χ3n) is 3.69. The van der Waals surface area contributed by atoms with E-state index in [0.717, 1.165) is 12.3 Å². The van der Waals surface area contributed by atoms with Crippen LogP contribution in [-0.4, -0.2) is 22.2 Å². The van der Waals surface area contributed by atoms with Gasteiger partial charge in [0.1, 0.15) is 11.4 Å². The normalized spacial score (nSPS) is 10.8. The molecule has 2 aromatic carbocycles. The lowest BCUT2D eigenvalue weighted by Gasteiger charge is -2.14. The highest BCUT2D eigenvalue weighted by Crippen LogP contribution is 2.26. The minimum atomic E-state index is -1.43. The van der Waals surface area contributed by atoms with E-state index in [2.05, 4.69) is 0 Å². The molecule has 5 nitrogen and oxygen atoms in total. The summed E-state index contributed by atoms with van der Waals surface area (Å²) in [6, 6.07) is 7.53. The fourth-order valence-electron chi connectivity index (χ4n) is 2.56. The van der Waals surface area contributed by atoms with Crippen molar-refractivity contribution in [1.82, 2.24) is 4.57 Å². The number of aromatic carboxylic acids is 1. The molecule has 1 aromatic heterocycles. The van der Waals surface area contributed by atoms with Crippen LogP contribution in [0.25, 0.3) is 16.6 Å². The highest BCUT2D eigenvalue weighted by Gasteiger charge is 2.18. The number of aromatic nitrogens is 1. The molecule has 0 fully saturated rings. The molecule has 0 bridgehead atoms. The van der Waals surface area contributed by atoms with Gasteiger partial charge in [-0.2, -0.15) is 0 Å². The summed E-state index contributed by atoms with van der Waals surface area (Å²) in [7, 11) is 0. The second kappa shape index (κ2) is 6.35. The molecule has 25 heavy (non-hydrogen) atoms. The number of carboxylic acids is 1. The smallest absolute Gasteiger partial charge is 0.341 e. The maximum atomic E-state index is 14.1. The Hall–Kier alpha value is -3.22. The Morgan fingerprint density at radius 3 is 2.48 bits per heavy atom. The predicted molar refractivity (Wildman–Crippen MR) is 87.6 cm³/mol. The fourth-order valence-corrected chi connectivity index (χ4v) is 2.56. The number of pyridine rings is 1. The molecule has 0 spiro atoms. The predicted octanol–water partition coefficient (Wildman–Crippen LogP) is 3.37. The summed E-state index contributed by atoms with van der Waals surface area (Å²) in [4.78, 5) is 23.7. The SMILES string of the molecule is CCOc1cc2c(cc1F)c(=O)c(C(=O)O)cn2-c1ccc(F)cc1. The highest BCUT2D eigenvalue weighted by atomic mass is 19.1. The summed E-state index contributed by atoms with van der Waals surface area (Å²) in [5.74, 6) is -2.72. The van der Waals surface area contributed by atoms with Gasteiger partial charge in [0.05, 0.1) is 17.5 Å². The van der Waals surface area contributed by atoms with Gasteiger partial charge in [0.25, 0.3) is 0 Å². The van der Waals surface area contributed by atoms with Gasteiger partial charge in [-0.1, -0.05) is 0 Å². The standard InChI is InChI=1S/C18H13F2NO4/c1-2-25-16-8-15-12(7-14(16)20)17(22)13(18(23)24)9-21(15)11-5-3-10(19)4-6-11/h3-9H,2H2,1H3,(H,23,24). The molecule has 0 aliphatic carbocycles. The van der Waals surface area contributed by atoms with Crippen LogP contribution in [0.3, 0.4) is 0 Å². The van der Waals surface area contributed by atoms with E-state index >= 15 is 0 Å². The van der Waals surface area contributed by atoms with Gasteiger partial charge in [-0.25, -0.2) is 13.6 Å². The van der Waals surface area contributed by atoms with Crippen LogP contribution in [0.15, 0.2) is 47.4 Å². The number of hydrogen-bond donors (Lipinski definition) is 1. The quantitative estimate of drug-likeness (QED) is 0.787. The van der Waals surface area contributed by atoms with Crippen molar-refractivity contribution in [1.29, 1.82) is 0 Å². The van der Waals surface area contributed by atoms with Gasteiger partial charge < -0.3 is 14.4 Å². The number of carbonyl (C=O) groups is 1. The van der Waals surface area contributed by atoms with Crippen LogP contribution < -0.4 is 10.2 Å². The highest BCUT2D eigenvalue weighted by molar-refractivity contribution is 5.93. The van der Waals surface area contributed by atoms with E-state index in [1.165, 1.54) is 34.9 Å². The van der Waals surface area contributed by atoms with Crippen LogP contribution in [0.4, 0.5) is 8.78 Å². The molecule has 128 valence electrons. The average molecular weight is 345 g/mol. The Labute approximate surface area is 140 Å². The first-order valence-corrected chi connectivity index (χ1v) is 7.43. The third-order valence-corrected chi connectivity index (χ3v) is 3.69. The van der Waals surface area contributed by atoms with E-state index < -0.39 is 28.6 Å². The molecule has 0 unspecified atom stereocenters. The molecular formula is C18H13F2NO4. The second-order valence-electron chi connectivity index (χ2n) is 5.26. The number of fused-ring (bicyclic) bond motifs is 1. The summed E-state index contributed by atoms with van der Waals surface area (Å²) in [5.41, 5.74) is -0.641.